The molecule has 1 aliphatic heterocycles. The summed E-state index contributed by atoms with van der Waals surface area (Å²) in [4.78, 5) is 0. The van der Waals surface area contributed by atoms with Crippen LogP contribution in [0.2, 0.25) is 44.8 Å². The predicted octanol–water partition coefficient (Wildman–Crippen LogP) is 4.34. The van der Waals surface area contributed by atoms with Gasteiger partial charge in [0, 0.05) is 15.2 Å². The summed E-state index contributed by atoms with van der Waals surface area (Å²) in [6.45, 7) is 13.6. The molecule has 0 bridgehead atoms. The maximum Gasteiger partial charge on any atom is 0.0711 e. The van der Waals surface area contributed by atoms with Crippen molar-refractivity contribution in [2.24, 2.45) is 0 Å². The molecule has 1 aromatic rings. The lowest BCUT2D eigenvalue weighted by Crippen LogP contribution is -2.77. The Morgan fingerprint density at radius 2 is 1.17 bits per heavy atom. The average Bonchev–Trinajstić information content (AvgIpc) is 2.41. The van der Waals surface area contributed by atoms with Crippen LogP contribution in [0.4, 0.5) is 0 Å². The molecule has 18 heavy (non-hydrogen) atoms. The number of hydrogen-bond acceptors (Lipinski definition) is 0. The van der Waals surface area contributed by atoms with Crippen molar-refractivity contribution in [3.05, 3.63) is 30.3 Å². The van der Waals surface area contributed by atoms with Gasteiger partial charge in [-0.3, -0.25) is 0 Å². The summed E-state index contributed by atoms with van der Waals surface area (Å²) in [5, 5.41) is 1.78. The molecule has 0 unspecified atom stereocenters. The highest BCUT2D eigenvalue weighted by atomic mass is 29.6. The molecule has 0 saturated carbocycles. The van der Waals surface area contributed by atoms with Crippen molar-refractivity contribution in [2.75, 3.05) is 0 Å². The van der Waals surface area contributed by atoms with Crippen molar-refractivity contribution < 1.29 is 0 Å². The largest absolute Gasteiger partial charge is 0.0712 e. The van der Waals surface area contributed by atoms with Crippen LogP contribution >= 0.6 is 0 Å². The van der Waals surface area contributed by atoms with E-state index in [9.17, 15) is 0 Å². The van der Waals surface area contributed by atoms with Gasteiger partial charge in [0.15, 0.2) is 0 Å². The Bertz CT molecular complexity index is 391. The van der Waals surface area contributed by atoms with Gasteiger partial charge in [0.2, 0.25) is 0 Å². The summed E-state index contributed by atoms with van der Waals surface area (Å²) in [6, 6.07) is 14.8. The molecular weight excluding hydrogens is 264 g/mol. The minimum Gasteiger partial charge on any atom is -0.0712 e. The maximum atomic E-state index is 2.76. The predicted molar refractivity (Wildman–Crippen MR) is 91.5 cm³/mol. The molecule has 0 aromatic heterocycles. The Balaban J connectivity index is 2.59. The first-order chi connectivity index (χ1) is 8.31. The molecular formula is C15H28Si3. The first kappa shape index (κ1) is 14.3. The highest BCUT2D eigenvalue weighted by Crippen LogP contribution is 2.39. The fourth-order valence-corrected chi connectivity index (χ4v) is 45.6. The lowest BCUT2D eigenvalue weighted by molar-refractivity contribution is 0.865. The number of hydrogen-bond donors (Lipinski definition) is 0. The zero-order valence-corrected chi connectivity index (χ0v) is 15.7. The Labute approximate surface area is 115 Å². The van der Waals surface area contributed by atoms with E-state index in [2.05, 4.69) is 63.1 Å². The van der Waals surface area contributed by atoms with Gasteiger partial charge in [-0.2, -0.15) is 0 Å². The zero-order valence-electron chi connectivity index (χ0n) is 12.7. The van der Waals surface area contributed by atoms with Crippen LogP contribution in [-0.4, -0.2) is 22.3 Å². The Morgan fingerprint density at radius 3 is 1.61 bits per heavy atom. The third kappa shape index (κ3) is 2.10. The van der Waals surface area contributed by atoms with Crippen LogP contribution in [-0.2, 0) is 0 Å². The highest BCUT2D eigenvalue weighted by molar-refractivity contribution is 7.72. The molecule has 0 radical (unpaired) electrons. The lowest BCUT2D eigenvalue weighted by Gasteiger charge is -2.50. The van der Waals surface area contributed by atoms with E-state index in [1.807, 2.05) is 0 Å². The van der Waals surface area contributed by atoms with Gasteiger partial charge in [0.1, 0.15) is 0 Å². The Hall–Kier alpha value is -0.129. The molecule has 0 atom stereocenters. The van der Waals surface area contributed by atoms with Crippen molar-refractivity contribution in [3.63, 3.8) is 0 Å². The van der Waals surface area contributed by atoms with Crippen LogP contribution in [0.1, 0.15) is 12.8 Å². The molecule has 0 aliphatic carbocycles. The molecule has 100 valence electrons. The van der Waals surface area contributed by atoms with Crippen LogP contribution in [0.5, 0.6) is 0 Å². The molecule has 3 heteroatoms. The van der Waals surface area contributed by atoms with Crippen molar-refractivity contribution in [3.8, 4) is 0 Å². The van der Waals surface area contributed by atoms with E-state index in [0.717, 1.165) is 0 Å². The molecule has 0 N–H and O–H groups in total. The summed E-state index contributed by atoms with van der Waals surface area (Å²) < 4.78 is 0. The summed E-state index contributed by atoms with van der Waals surface area (Å²) in [6.07, 6.45) is 3.01. The molecule has 1 heterocycles. The standard InChI is InChI=1S/C15H28Si3/c1-16(2)13-9-10-14-17(3,4)18(16,5)15-11-7-6-8-12-15/h6-8,11-12H,9-10,13-14H2,1-5H3. The van der Waals surface area contributed by atoms with E-state index >= 15 is 0 Å². The summed E-state index contributed by atoms with van der Waals surface area (Å²) in [7, 11) is -3.38. The summed E-state index contributed by atoms with van der Waals surface area (Å²) >= 11 is 0. The minimum absolute atomic E-state index is 1.07. The Morgan fingerprint density at radius 1 is 0.722 bits per heavy atom. The first-order valence-corrected chi connectivity index (χ1v) is 18.3. The van der Waals surface area contributed by atoms with Gasteiger partial charge in [0.25, 0.3) is 0 Å². The van der Waals surface area contributed by atoms with Crippen LogP contribution < -0.4 is 5.19 Å². The third-order valence-corrected chi connectivity index (χ3v) is 47.7. The van der Waals surface area contributed by atoms with E-state index in [4.69, 9.17) is 0 Å². The van der Waals surface area contributed by atoms with E-state index in [1.54, 1.807) is 17.3 Å². The van der Waals surface area contributed by atoms with Crippen LogP contribution in [0.3, 0.4) is 0 Å². The topological polar surface area (TPSA) is 0 Å². The zero-order chi connectivity index (χ0) is 13.4. The van der Waals surface area contributed by atoms with Crippen LogP contribution in [0.15, 0.2) is 30.3 Å². The Kier molecular flexibility index (Phi) is 3.78. The summed E-state index contributed by atoms with van der Waals surface area (Å²) in [5.74, 6) is 0. The van der Waals surface area contributed by atoms with E-state index in [0.29, 0.717) is 0 Å². The quantitative estimate of drug-likeness (QED) is 0.676. The average molecular weight is 293 g/mol. The van der Waals surface area contributed by atoms with Gasteiger partial charge >= 0.3 is 0 Å². The molecule has 0 spiro atoms. The van der Waals surface area contributed by atoms with Crippen molar-refractivity contribution in [1.82, 2.24) is 0 Å². The molecule has 1 aliphatic rings. The minimum atomic E-state index is -1.24. The van der Waals surface area contributed by atoms with Gasteiger partial charge < -0.3 is 0 Å². The van der Waals surface area contributed by atoms with Gasteiger partial charge in [0.05, 0.1) is 7.11 Å². The normalized spacial score (nSPS) is 25.4. The third-order valence-electron chi connectivity index (χ3n) is 5.91. The lowest BCUT2D eigenvalue weighted by atomic mass is 10.4. The fourth-order valence-electron chi connectivity index (χ4n) is 4.10. The van der Waals surface area contributed by atoms with E-state index < -0.39 is 22.3 Å². The van der Waals surface area contributed by atoms with Gasteiger partial charge in [-0.05, 0) is 0 Å². The second-order valence-corrected chi connectivity index (χ2v) is 34.5. The first-order valence-electron chi connectivity index (χ1n) is 7.37. The van der Waals surface area contributed by atoms with E-state index in [-0.39, 0.29) is 0 Å². The molecule has 0 nitrogen and oxygen atoms in total. The highest BCUT2D eigenvalue weighted by Gasteiger charge is 2.56. The summed E-state index contributed by atoms with van der Waals surface area (Å²) in [5.41, 5.74) is 0. The molecule has 1 aromatic carbocycles. The molecule has 0 amide bonds. The monoisotopic (exact) mass is 292 g/mol. The van der Waals surface area contributed by atoms with E-state index in [1.165, 1.54) is 12.8 Å². The second-order valence-electron chi connectivity index (χ2n) is 7.47. The number of rotatable bonds is 1. The SMILES string of the molecule is C[Si]1(C)CCCC[Si](C)(C)[Si]1(C)c1ccccc1. The van der Waals surface area contributed by atoms with Crippen molar-refractivity contribution >= 4 is 27.5 Å². The smallest absolute Gasteiger partial charge is 0.0711 e. The van der Waals surface area contributed by atoms with Crippen LogP contribution in [0, 0.1) is 0 Å². The molecule has 1 saturated heterocycles. The fraction of sp³-hybridized carbons (Fsp3) is 0.600. The molecule has 2 rings (SSSR count). The van der Waals surface area contributed by atoms with Crippen molar-refractivity contribution in [1.29, 1.82) is 0 Å². The maximum absolute atomic E-state index is 2.76. The van der Waals surface area contributed by atoms with Gasteiger partial charge in [-0.15, -0.1) is 0 Å². The van der Waals surface area contributed by atoms with Crippen molar-refractivity contribution in [2.45, 2.75) is 57.7 Å². The van der Waals surface area contributed by atoms with Gasteiger partial charge in [-0.25, -0.2) is 0 Å². The van der Waals surface area contributed by atoms with Crippen LogP contribution in [0.25, 0.3) is 0 Å². The number of benzene rings is 1. The molecule has 1 fully saturated rings. The van der Waals surface area contributed by atoms with Gasteiger partial charge in [-0.1, -0.05) is 93.2 Å². The second kappa shape index (κ2) is 4.76.